The molecule has 0 bridgehead atoms. The van der Waals surface area contributed by atoms with E-state index in [-0.39, 0.29) is 20.1 Å². The Balaban J connectivity index is 1.77. The summed E-state index contributed by atoms with van der Waals surface area (Å²) in [6, 6.07) is 11.2. The van der Waals surface area contributed by atoms with E-state index in [4.69, 9.17) is 23.2 Å². The fourth-order valence-electron chi connectivity index (χ4n) is 2.03. The van der Waals surface area contributed by atoms with Crippen molar-refractivity contribution < 1.29 is 13.2 Å². The largest absolute Gasteiger partial charge is 0.296 e. The minimum atomic E-state index is -3.97. The fourth-order valence-corrected chi connectivity index (χ4v) is 4.38. The summed E-state index contributed by atoms with van der Waals surface area (Å²) >= 11 is 12.7. The van der Waals surface area contributed by atoms with Crippen molar-refractivity contribution in [1.82, 2.24) is 10.2 Å². The highest BCUT2D eigenvalue weighted by Gasteiger charge is 2.22. The number of nitrogens with one attached hydrogen (secondary N) is 2. The number of aromatic nitrogens is 2. The third-order valence-electron chi connectivity index (χ3n) is 3.40. The summed E-state index contributed by atoms with van der Waals surface area (Å²) in [6.07, 6.45) is 0. The van der Waals surface area contributed by atoms with Crippen LogP contribution in [0.1, 0.15) is 15.9 Å². The predicted molar refractivity (Wildman–Crippen MR) is 106 cm³/mol. The Hall–Kier alpha value is -2.20. The molecule has 3 aromatic rings. The molecule has 1 amide bonds. The highest BCUT2D eigenvalue weighted by Crippen LogP contribution is 2.26. The lowest BCUT2D eigenvalue weighted by Crippen LogP contribution is -2.12. The molecular formula is C16H12Cl2N4O3S2. The van der Waals surface area contributed by atoms with Crippen LogP contribution in [0.5, 0.6) is 0 Å². The van der Waals surface area contributed by atoms with E-state index in [2.05, 4.69) is 20.2 Å². The number of hydrogen-bond acceptors (Lipinski definition) is 6. The van der Waals surface area contributed by atoms with Crippen LogP contribution in [-0.4, -0.2) is 24.5 Å². The number of carbonyl (C=O) groups excluding carboxylic acids is 1. The summed E-state index contributed by atoms with van der Waals surface area (Å²) < 4.78 is 27.0. The number of carbonyl (C=O) groups is 1. The van der Waals surface area contributed by atoms with Crippen molar-refractivity contribution >= 4 is 61.3 Å². The van der Waals surface area contributed by atoms with Crippen molar-refractivity contribution in [1.29, 1.82) is 0 Å². The van der Waals surface area contributed by atoms with Crippen molar-refractivity contribution in [2.75, 3.05) is 10.0 Å². The van der Waals surface area contributed by atoms with Gasteiger partial charge in [-0.25, -0.2) is 0 Å². The minimum Gasteiger partial charge on any atom is -0.296 e. The number of aryl methyl sites for hydroxylation is 1. The molecule has 11 heteroatoms. The second kappa shape index (κ2) is 7.81. The van der Waals surface area contributed by atoms with Crippen LogP contribution in [-0.2, 0) is 10.0 Å². The van der Waals surface area contributed by atoms with Gasteiger partial charge in [0.15, 0.2) is 0 Å². The molecule has 0 saturated carbocycles. The van der Waals surface area contributed by atoms with Crippen LogP contribution in [0.4, 0.5) is 10.8 Å². The Bertz CT molecular complexity index is 1120. The molecule has 0 aliphatic heterocycles. The van der Waals surface area contributed by atoms with Crippen LogP contribution in [0.15, 0.2) is 46.8 Å². The number of halogens is 2. The first-order valence-corrected chi connectivity index (χ1v) is 10.5. The molecule has 1 heterocycles. The summed E-state index contributed by atoms with van der Waals surface area (Å²) in [5.74, 6) is -0.515. The molecule has 1 aromatic heterocycles. The van der Waals surface area contributed by atoms with Gasteiger partial charge in [0.05, 0.1) is 16.3 Å². The lowest BCUT2D eigenvalue weighted by Gasteiger charge is -2.06. The normalized spacial score (nSPS) is 11.2. The summed E-state index contributed by atoms with van der Waals surface area (Å²) in [7, 11) is -3.97. The maximum Gasteiger partial charge on any atom is 0.291 e. The smallest absolute Gasteiger partial charge is 0.291 e. The number of benzene rings is 2. The average molecular weight is 443 g/mol. The van der Waals surface area contributed by atoms with Crippen molar-refractivity contribution in [3.63, 3.8) is 0 Å². The molecule has 0 atom stereocenters. The average Bonchev–Trinajstić information content (AvgIpc) is 3.08. The topological polar surface area (TPSA) is 101 Å². The molecule has 0 spiro atoms. The van der Waals surface area contributed by atoms with Crippen LogP contribution in [0.25, 0.3) is 0 Å². The van der Waals surface area contributed by atoms with Gasteiger partial charge in [-0.15, -0.1) is 10.2 Å². The molecule has 0 saturated heterocycles. The molecule has 27 heavy (non-hydrogen) atoms. The lowest BCUT2D eigenvalue weighted by molar-refractivity contribution is 0.102. The van der Waals surface area contributed by atoms with Crippen LogP contribution in [0.2, 0.25) is 10.0 Å². The monoisotopic (exact) mass is 442 g/mol. The van der Waals surface area contributed by atoms with Gasteiger partial charge < -0.3 is 0 Å². The molecule has 7 nitrogen and oxygen atoms in total. The van der Waals surface area contributed by atoms with E-state index in [1.54, 1.807) is 43.3 Å². The van der Waals surface area contributed by atoms with Crippen molar-refractivity contribution in [3.8, 4) is 0 Å². The van der Waals surface area contributed by atoms with E-state index in [1.165, 1.54) is 6.07 Å². The van der Waals surface area contributed by atoms with Crippen LogP contribution in [0.3, 0.4) is 0 Å². The molecule has 2 aromatic carbocycles. The van der Waals surface area contributed by atoms with E-state index in [0.717, 1.165) is 5.56 Å². The Labute approximate surface area is 169 Å². The van der Waals surface area contributed by atoms with E-state index >= 15 is 0 Å². The van der Waals surface area contributed by atoms with Crippen molar-refractivity contribution in [3.05, 3.63) is 63.6 Å². The summed E-state index contributed by atoms with van der Waals surface area (Å²) in [4.78, 5) is 12.2. The van der Waals surface area contributed by atoms with Gasteiger partial charge in [-0.05, 0) is 36.8 Å². The minimum absolute atomic E-state index is 0.0298. The molecular weight excluding hydrogens is 431 g/mol. The summed E-state index contributed by atoms with van der Waals surface area (Å²) in [5, 5.41) is 10.5. The van der Waals surface area contributed by atoms with Gasteiger partial charge in [0.1, 0.15) is 0 Å². The molecule has 140 valence electrons. The Morgan fingerprint density at radius 2 is 1.81 bits per heavy atom. The number of rotatable bonds is 5. The second-order valence-electron chi connectivity index (χ2n) is 5.38. The molecule has 0 aliphatic rings. The van der Waals surface area contributed by atoms with E-state index < -0.39 is 15.9 Å². The van der Waals surface area contributed by atoms with Gasteiger partial charge in [0.25, 0.3) is 20.3 Å². The van der Waals surface area contributed by atoms with E-state index in [1.807, 2.05) is 0 Å². The van der Waals surface area contributed by atoms with Crippen molar-refractivity contribution in [2.45, 2.75) is 11.3 Å². The Morgan fingerprint density at radius 1 is 1.07 bits per heavy atom. The number of nitrogens with zero attached hydrogens (tertiary/aromatic N) is 2. The van der Waals surface area contributed by atoms with Gasteiger partial charge in [-0.1, -0.05) is 52.7 Å². The maximum absolute atomic E-state index is 12.4. The van der Waals surface area contributed by atoms with Crippen molar-refractivity contribution in [2.24, 2.45) is 0 Å². The maximum atomic E-state index is 12.4. The molecule has 0 radical (unpaired) electrons. The van der Waals surface area contributed by atoms with Crippen LogP contribution in [0, 0.1) is 6.92 Å². The van der Waals surface area contributed by atoms with E-state index in [0.29, 0.717) is 22.0 Å². The molecule has 0 fully saturated rings. The third kappa shape index (κ3) is 4.56. The number of anilines is 2. The van der Waals surface area contributed by atoms with Gasteiger partial charge in [-0.2, -0.15) is 8.42 Å². The molecule has 2 N–H and O–H groups in total. The van der Waals surface area contributed by atoms with Gasteiger partial charge in [0.2, 0.25) is 5.13 Å². The molecule has 3 rings (SSSR count). The number of amides is 1. The third-order valence-corrected chi connectivity index (χ3v) is 6.72. The second-order valence-corrected chi connectivity index (χ2v) is 9.02. The highest BCUT2D eigenvalue weighted by atomic mass is 35.5. The summed E-state index contributed by atoms with van der Waals surface area (Å²) in [5.41, 5.74) is 1.36. The molecule has 0 unspecified atom stereocenters. The molecule has 0 aliphatic carbocycles. The first kappa shape index (κ1) is 19.6. The first-order chi connectivity index (χ1) is 12.8. The lowest BCUT2D eigenvalue weighted by atomic mass is 10.2. The zero-order valence-corrected chi connectivity index (χ0v) is 16.9. The first-order valence-electron chi connectivity index (χ1n) is 7.44. The zero-order valence-electron chi connectivity index (χ0n) is 13.7. The Kier molecular flexibility index (Phi) is 5.66. The number of hydrogen-bond donors (Lipinski definition) is 2. The standard InChI is InChI=1S/C16H12Cl2N4O3S2/c1-9-6-7-10(8-13(9)18)22-27(24,25)16-21-20-15(26-16)19-14(23)11-4-2-3-5-12(11)17/h2-8,22H,1H3,(H,19,20,23). The Morgan fingerprint density at radius 3 is 2.52 bits per heavy atom. The quantitative estimate of drug-likeness (QED) is 0.576. The fraction of sp³-hybridized carbons (Fsp3) is 0.0625. The van der Waals surface area contributed by atoms with Gasteiger partial charge >= 0.3 is 0 Å². The highest BCUT2D eigenvalue weighted by molar-refractivity contribution is 7.94. The number of sulfonamides is 1. The van der Waals surface area contributed by atoms with Crippen LogP contribution < -0.4 is 10.0 Å². The summed E-state index contributed by atoms with van der Waals surface area (Å²) in [6.45, 7) is 1.80. The van der Waals surface area contributed by atoms with Gasteiger partial charge in [-0.3, -0.25) is 14.8 Å². The zero-order chi connectivity index (χ0) is 19.6. The van der Waals surface area contributed by atoms with Crippen LogP contribution >= 0.6 is 34.5 Å². The van der Waals surface area contributed by atoms with E-state index in [9.17, 15) is 13.2 Å². The predicted octanol–water partition coefficient (Wildman–Crippen LogP) is 4.21. The van der Waals surface area contributed by atoms with Gasteiger partial charge in [0, 0.05) is 5.02 Å². The SMILES string of the molecule is Cc1ccc(NS(=O)(=O)c2nnc(NC(=O)c3ccccc3Cl)s2)cc1Cl.